The van der Waals surface area contributed by atoms with Crippen LogP contribution in [0.3, 0.4) is 0 Å². The minimum atomic E-state index is -3.96. The summed E-state index contributed by atoms with van der Waals surface area (Å²) in [5.41, 5.74) is 0.417. The minimum absolute atomic E-state index is 0.0331. The van der Waals surface area contributed by atoms with Crippen LogP contribution in [0, 0.1) is 5.82 Å². The van der Waals surface area contributed by atoms with Gasteiger partial charge in [0.2, 0.25) is 10.0 Å². The van der Waals surface area contributed by atoms with Gasteiger partial charge in [0.25, 0.3) is 0 Å². The second-order valence-electron chi connectivity index (χ2n) is 5.29. The Morgan fingerprint density at radius 2 is 1.92 bits per heavy atom. The van der Waals surface area contributed by atoms with Gasteiger partial charge >= 0.3 is 5.97 Å². The van der Waals surface area contributed by atoms with Crippen molar-refractivity contribution in [2.75, 3.05) is 27.4 Å². The summed E-state index contributed by atoms with van der Waals surface area (Å²) < 4.78 is 50.5. The molecule has 0 saturated carbocycles. The van der Waals surface area contributed by atoms with Gasteiger partial charge in [-0.1, -0.05) is 0 Å². The van der Waals surface area contributed by atoms with Crippen molar-refractivity contribution in [3.63, 3.8) is 0 Å². The summed E-state index contributed by atoms with van der Waals surface area (Å²) in [4.78, 5) is 11.2. The zero-order chi connectivity index (χ0) is 19.3. The van der Waals surface area contributed by atoms with Gasteiger partial charge in [-0.2, -0.15) is 0 Å². The third-order valence-electron chi connectivity index (χ3n) is 3.54. The predicted molar refractivity (Wildman–Crippen MR) is 92.4 cm³/mol. The number of sulfonamides is 1. The lowest BCUT2D eigenvalue weighted by Crippen LogP contribution is -2.27. The standard InChI is InChI=1S/C17H18FNO6S/c1-24-6-5-19-26(22,23)14-8-11(7-12(9-14)17(20)21)15-4-3-13(18)10-16(15)25-2/h3-4,7-10,19H,5-6H2,1-2H3,(H,20,21). The molecule has 0 fully saturated rings. The zero-order valence-electron chi connectivity index (χ0n) is 14.2. The average molecular weight is 383 g/mol. The number of methoxy groups -OCH3 is 2. The number of aromatic carboxylic acids is 1. The van der Waals surface area contributed by atoms with E-state index in [0.717, 1.165) is 12.1 Å². The highest BCUT2D eigenvalue weighted by Crippen LogP contribution is 2.32. The second kappa shape index (κ2) is 8.26. The van der Waals surface area contributed by atoms with Crippen LogP contribution in [0.5, 0.6) is 5.75 Å². The number of halogens is 1. The number of benzene rings is 2. The lowest BCUT2D eigenvalue weighted by molar-refractivity contribution is 0.0696. The van der Waals surface area contributed by atoms with E-state index >= 15 is 0 Å². The van der Waals surface area contributed by atoms with E-state index in [2.05, 4.69) is 4.72 Å². The third kappa shape index (κ3) is 4.57. The third-order valence-corrected chi connectivity index (χ3v) is 4.98. The van der Waals surface area contributed by atoms with Gasteiger partial charge in [0.05, 0.1) is 24.2 Å². The highest BCUT2D eigenvalue weighted by atomic mass is 32.2. The molecule has 0 radical (unpaired) electrons. The van der Waals surface area contributed by atoms with Crippen molar-refractivity contribution in [3.8, 4) is 16.9 Å². The molecular weight excluding hydrogens is 365 g/mol. The van der Waals surface area contributed by atoms with Gasteiger partial charge in [-0.25, -0.2) is 22.3 Å². The first kappa shape index (κ1) is 19.8. The van der Waals surface area contributed by atoms with Gasteiger partial charge < -0.3 is 14.6 Å². The van der Waals surface area contributed by atoms with Crippen LogP contribution in [0.25, 0.3) is 11.1 Å². The largest absolute Gasteiger partial charge is 0.496 e. The zero-order valence-corrected chi connectivity index (χ0v) is 15.0. The quantitative estimate of drug-likeness (QED) is 0.677. The molecule has 0 saturated heterocycles. The number of nitrogens with one attached hydrogen (secondary N) is 1. The SMILES string of the molecule is COCCNS(=O)(=O)c1cc(C(=O)O)cc(-c2ccc(F)cc2OC)c1. The van der Waals surface area contributed by atoms with Crippen LogP contribution in [-0.4, -0.2) is 46.9 Å². The van der Waals surface area contributed by atoms with Crippen molar-refractivity contribution < 1.29 is 32.2 Å². The van der Waals surface area contributed by atoms with E-state index < -0.39 is 21.8 Å². The molecule has 2 aromatic carbocycles. The van der Waals surface area contributed by atoms with Gasteiger partial charge in [0.15, 0.2) is 0 Å². The number of ether oxygens (including phenoxy) is 2. The van der Waals surface area contributed by atoms with Crippen LogP contribution in [0.1, 0.15) is 10.4 Å². The molecule has 0 unspecified atom stereocenters. The van der Waals surface area contributed by atoms with E-state index in [0.29, 0.717) is 5.56 Å². The molecule has 9 heteroatoms. The fourth-order valence-electron chi connectivity index (χ4n) is 2.30. The Morgan fingerprint density at radius 1 is 1.19 bits per heavy atom. The summed E-state index contributed by atoms with van der Waals surface area (Å²) >= 11 is 0. The van der Waals surface area contributed by atoms with Crippen molar-refractivity contribution >= 4 is 16.0 Å². The van der Waals surface area contributed by atoms with E-state index in [1.165, 1.54) is 38.5 Å². The summed E-state index contributed by atoms with van der Waals surface area (Å²) in [6.07, 6.45) is 0. The summed E-state index contributed by atoms with van der Waals surface area (Å²) in [6, 6.07) is 7.36. The van der Waals surface area contributed by atoms with Crippen LogP contribution in [0.15, 0.2) is 41.3 Å². The molecular formula is C17H18FNO6S. The Bertz CT molecular complexity index is 913. The molecule has 0 aliphatic rings. The van der Waals surface area contributed by atoms with Gasteiger partial charge in [-0.15, -0.1) is 0 Å². The Labute approximate surface area is 150 Å². The van der Waals surface area contributed by atoms with E-state index in [1.807, 2.05) is 0 Å². The van der Waals surface area contributed by atoms with E-state index in [-0.39, 0.29) is 34.9 Å². The van der Waals surface area contributed by atoms with Gasteiger partial charge in [-0.3, -0.25) is 0 Å². The maximum Gasteiger partial charge on any atom is 0.335 e. The fourth-order valence-corrected chi connectivity index (χ4v) is 3.38. The average Bonchev–Trinajstić information content (AvgIpc) is 2.61. The molecule has 0 aromatic heterocycles. The number of hydrogen-bond acceptors (Lipinski definition) is 5. The van der Waals surface area contributed by atoms with Crippen LogP contribution >= 0.6 is 0 Å². The monoisotopic (exact) mass is 383 g/mol. The number of hydrogen-bond donors (Lipinski definition) is 2. The van der Waals surface area contributed by atoms with Crippen LogP contribution in [0.2, 0.25) is 0 Å². The molecule has 2 N–H and O–H groups in total. The Kier molecular flexibility index (Phi) is 6.30. The first-order valence-electron chi connectivity index (χ1n) is 7.49. The molecule has 0 aliphatic heterocycles. The molecule has 0 heterocycles. The maximum absolute atomic E-state index is 13.4. The van der Waals surface area contributed by atoms with Crippen molar-refractivity contribution in [1.29, 1.82) is 0 Å². The maximum atomic E-state index is 13.4. The Morgan fingerprint density at radius 3 is 2.54 bits per heavy atom. The highest BCUT2D eigenvalue weighted by Gasteiger charge is 2.19. The smallest absolute Gasteiger partial charge is 0.335 e. The normalized spacial score (nSPS) is 11.3. The molecule has 7 nitrogen and oxygen atoms in total. The van der Waals surface area contributed by atoms with Crippen molar-refractivity contribution in [1.82, 2.24) is 4.72 Å². The molecule has 26 heavy (non-hydrogen) atoms. The van der Waals surface area contributed by atoms with Crippen LogP contribution in [-0.2, 0) is 14.8 Å². The van der Waals surface area contributed by atoms with Gasteiger partial charge in [-0.05, 0) is 35.9 Å². The topological polar surface area (TPSA) is 102 Å². The summed E-state index contributed by atoms with van der Waals surface area (Å²) in [7, 11) is -1.19. The molecule has 0 atom stereocenters. The van der Waals surface area contributed by atoms with Gasteiger partial charge in [0.1, 0.15) is 11.6 Å². The van der Waals surface area contributed by atoms with E-state index in [4.69, 9.17) is 9.47 Å². The second-order valence-corrected chi connectivity index (χ2v) is 7.05. The number of carboxylic acids is 1. The summed E-state index contributed by atoms with van der Waals surface area (Å²) in [6.45, 7) is 0.196. The highest BCUT2D eigenvalue weighted by molar-refractivity contribution is 7.89. The van der Waals surface area contributed by atoms with Gasteiger partial charge in [0, 0.05) is 25.3 Å². The summed E-state index contributed by atoms with van der Waals surface area (Å²) in [5.74, 6) is -1.67. The molecule has 0 bridgehead atoms. The van der Waals surface area contributed by atoms with Crippen LogP contribution < -0.4 is 9.46 Å². The number of carboxylic acid groups (broad SMARTS) is 1. The number of carbonyl (C=O) groups is 1. The first-order valence-corrected chi connectivity index (χ1v) is 8.97. The number of rotatable bonds is 8. The lowest BCUT2D eigenvalue weighted by Gasteiger charge is -2.12. The van der Waals surface area contributed by atoms with Crippen LogP contribution in [0.4, 0.5) is 4.39 Å². The molecule has 140 valence electrons. The Hall–Kier alpha value is -2.49. The molecule has 0 spiro atoms. The van der Waals surface area contributed by atoms with Crippen molar-refractivity contribution in [2.24, 2.45) is 0 Å². The Balaban J connectivity index is 2.58. The van der Waals surface area contributed by atoms with Crippen molar-refractivity contribution in [2.45, 2.75) is 4.90 Å². The lowest BCUT2D eigenvalue weighted by atomic mass is 10.0. The van der Waals surface area contributed by atoms with E-state index in [1.54, 1.807) is 0 Å². The first-order chi connectivity index (χ1) is 12.3. The minimum Gasteiger partial charge on any atom is -0.496 e. The van der Waals surface area contributed by atoms with E-state index in [9.17, 15) is 22.7 Å². The fraction of sp³-hybridized carbons (Fsp3) is 0.235. The summed E-state index contributed by atoms with van der Waals surface area (Å²) in [5, 5.41) is 9.30. The molecule has 2 rings (SSSR count). The molecule has 0 amide bonds. The van der Waals surface area contributed by atoms with Crippen molar-refractivity contribution in [3.05, 3.63) is 47.8 Å². The molecule has 0 aliphatic carbocycles. The predicted octanol–water partition coefficient (Wildman–Crippen LogP) is 2.12. The molecule has 2 aromatic rings.